The van der Waals surface area contributed by atoms with Crippen LogP contribution < -0.4 is 20.9 Å². The zero-order chi connectivity index (χ0) is 32.7. The first kappa shape index (κ1) is 33.8. The van der Waals surface area contributed by atoms with Gasteiger partial charge in [0.25, 0.3) is 0 Å². The molecule has 240 valence electrons. The van der Waals surface area contributed by atoms with Crippen LogP contribution in [0.15, 0.2) is 91.0 Å². The summed E-state index contributed by atoms with van der Waals surface area (Å²) < 4.78 is 16.7. The van der Waals surface area contributed by atoms with Crippen molar-refractivity contribution in [2.24, 2.45) is 0 Å². The number of hydrogen-bond donors (Lipinski definition) is 2. The first-order chi connectivity index (χ1) is 22.4. The highest BCUT2D eigenvalue weighted by atomic mass is 16.6. The van der Waals surface area contributed by atoms with Crippen molar-refractivity contribution < 1.29 is 23.8 Å². The van der Waals surface area contributed by atoms with Crippen molar-refractivity contribution in [2.45, 2.75) is 58.3 Å². The van der Waals surface area contributed by atoms with Gasteiger partial charge in [-0.1, -0.05) is 82.2 Å². The highest BCUT2D eigenvalue weighted by molar-refractivity contribution is 5.95. The van der Waals surface area contributed by atoms with E-state index in [0.717, 1.165) is 35.1 Å². The minimum absolute atomic E-state index is 0.252. The van der Waals surface area contributed by atoms with Gasteiger partial charge in [0.1, 0.15) is 0 Å². The molecule has 4 N–H and O–H groups in total. The van der Waals surface area contributed by atoms with E-state index in [2.05, 4.69) is 6.92 Å². The highest BCUT2D eigenvalue weighted by Crippen LogP contribution is 2.33. The number of benzene rings is 4. The van der Waals surface area contributed by atoms with Crippen LogP contribution in [0.1, 0.15) is 74.2 Å². The average Bonchev–Trinajstić information content (AvgIpc) is 3.06. The quantitative estimate of drug-likeness (QED) is 0.0422. The number of nitrogen functional groups attached to an aromatic ring is 2. The molecule has 0 aromatic heterocycles. The van der Waals surface area contributed by atoms with Crippen LogP contribution >= 0.6 is 0 Å². The monoisotopic (exact) mass is 620 g/mol. The van der Waals surface area contributed by atoms with Gasteiger partial charge in [0.05, 0.1) is 19.3 Å². The molecule has 7 heteroatoms. The Morgan fingerprint density at radius 2 is 1.28 bits per heavy atom. The fourth-order valence-corrected chi connectivity index (χ4v) is 5.17. The summed E-state index contributed by atoms with van der Waals surface area (Å²) >= 11 is 0. The summed E-state index contributed by atoms with van der Waals surface area (Å²) in [5.74, 6) is -0.344. The van der Waals surface area contributed by atoms with Gasteiger partial charge in [0, 0.05) is 17.5 Å². The second-order valence-corrected chi connectivity index (χ2v) is 11.3. The molecule has 0 aliphatic rings. The molecule has 0 unspecified atom stereocenters. The Kier molecular flexibility index (Phi) is 12.8. The van der Waals surface area contributed by atoms with Crippen molar-refractivity contribution in [1.29, 1.82) is 0 Å². The van der Waals surface area contributed by atoms with E-state index in [0.29, 0.717) is 34.9 Å². The van der Waals surface area contributed by atoms with E-state index in [1.165, 1.54) is 51.7 Å². The van der Waals surface area contributed by atoms with Crippen molar-refractivity contribution >= 4 is 29.4 Å². The second-order valence-electron chi connectivity index (χ2n) is 11.3. The lowest BCUT2D eigenvalue weighted by molar-refractivity contribution is -0.137. The Morgan fingerprint density at radius 1 is 0.674 bits per heavy atom. The summed E-state index contributed by atoms with van der Waals surface area (Å²) in [5.41, 5.74) is 17.7. The predicted octanol–water partition coefficient (Wildman–Crippen LogP) is 9.11. The normalized spacial score (nSPS) is 11.0. The van der Waals surface area contributed by atoms with Crippen molar-refractivity contribution in [1.82, 2.24) is 0 Å². The smallest absolute Gasteiger partial charge is 0.343 e. The van der Waals surface area contributed by atoms with Gasteiger partial charge in [-0.25, -0.2) is 9.59 Å². The molecule has 0 fully saturated rings. The van der Waals surface area contributed by atoms with Crippen LogP contribution in [0, 0.1) is 0 Å². The van der Waals surface area contributed by atoms with E-state index >= 15 is 0 Å². The molecule has 4 rings (SSSR count). The summed E-state index contributed by atoms with van der Waals surface area (Å²) in [6.07, 6.45) is 12.5. The molecule has 0 amide bonds. The zero-order valence-corrected chi connectivity index (χ0v) is 26.8. The van der Waals surface area contributed by atoms with E-state index in [9.17, 15) is 9.59 Å². The number of hydrogen-bond acceptors (Lipinski definition) is 7. The topological polar surface area (TPSA) is 114 Å². The molecule has 0 spiro atoms. The lowest BCUT2D eigenvalue weighted by Gasteiger charge is -2.13. The number of esters is 2. The standard InChI is InChI=1S/C39H44N2O5/c1-3-4-5-6-7-8-9-10-21-45-38(42)20-18-28-17-19-36(37(22-28)44-2)46-39(43)33-24-31(29-13-11-15-34(40)26-29)23-32(25-33)30-14-12-16-35(41)27-30/h11-20,22-27H,3-10,21,40-41H2,1-2H3/b20-18+. The van der Waals surface area contributed by atoms with Crippen molar-refractivity contribution in [3.05, 3.63) is 102 Å². The maximum Gasteiger partial charge on any atom is 0.343 e. The van der Waals surface area contributed by atoms with Gasteiger partial charge in [-0.15, -0.1) is 0 Å². The lowest BCUT2D eigenvalue weighted by Crippen LogP contribution is -2.10. The van der Waals surface area contributed by atoms with Crippen molar-refractivity contribution in [3.8, 4) is 33.8 Å². The number of carbonyl (C=O) groups excluding carboxylic acids is 2. The van der Waals surface area contributed by atoms with Gasteiger partial charge in [-0.05, 0) is 94.9 Å². The van der Waals surface area contributed by atoms with Gasteiger partial charge in [-0.2, -0.15) is 0 Å². The van der Waals surface area contributed by atoms with E-state index < -0.39 is 11.9 Å². The molecule has 4 aromatic carbocycles. The van der Waals surface area contributed by atoms with Crippen LogP contribution in [0.4, 0.5) is 11.4 Å². The fraction of sp³-hybridized carbons (Fsp3) is 0.282. The van der Waals surface area contributed by atoms with Crippen LogP contribution in [0.5, 0.6) is 11.5 Å². The van der Waals surface area contributed by atoms with E-state index in [-0.39, 0.29) is 5.75 Å². The number of unbranched alkanes of at least 4 members (excludes halogenated alkanes) is 7. The first-order valence-corrected chi connectivity index (χ1v) is 16.0. The number of methoxy groups -OCH3 is 1. The molecular formula is C39H44N2O5. The molecular weight excluding hydrogens is 576 g/mol. The largest absolute Gasteiger partial charge is 0.493 e. The third-order valence-electron chi connectivity index (χ3n) is 7.65. The van der Waals surface area contributed by atoms with E-state index in [4.69, 9.17) is 25.7 Å². The number of rotatable bonds is 16. The number of anilines is 2. The summed E-state index contributed by atoms with van der Waals surface area (Å²) in [6.45, 7) is 2.63. The summed E-state index contributed by atoms with van der Waals surface area (Å²) in [4.78, 5) is 25.7. The van der Waals surface area contributed by atoms with E-state index in [1.54, 1.807) is 36.4 Å². The Hall–Kier alpha value is -5.04. The molecule has 0 heterocycles. The SMILES string of the molecule is CCCCCCCCCCOC(=O)/C=C/c1ccc(OC(=O)c2cc(-c3cccc(N)c3)cc(-c3cccc(N)c3)c2)c(OC)c1. The van der Waals surface area contributed by atoms with Gasteiger partial charge in [0.2, 0.25) is 0 Å². The molecule has 0 aliphatic heterocycles. The molecule has 4 aromatic rings. The first-order valence-electron chi connectivity index (χ1n) is 16.0. The van der Waals surface area contributed by atoms with Gasteiger partial charge in [0.15, 0.2) is 11.5 Å². The van der Waals surface area contributed by atoms with Crippen molar-refractivity contribution in [3.63, 3.8) is 0 Å². The Labute approximate surface area is 272 Å². The van der Waals surface area contributed by atoms with Crippen LogP contribution in [-0.4, -0.2) is 25.7 Å². The summed E-state index contributed by atoms with van der Waals surface area (Å²) in [7, 11) is 1.50. The Morgan fingerprint density at radius 3 is 1.87 bits per heavy atom. The Balaban J connectivity index is 1.42. The fourth-order valence-electron chi connectivity index (χ4n) is 5.17. The molecule has 0 aliphatic carbocycles. The predicted molar refractivity (Wildman–Crippen MR) is 187 cm³/mol. The molecule has 0 saturated heterocycles. The van der Waals surface area contributed by atoms with Crippen LogP contribution in [-0.2, 0) is 9.53 Å². The number of nitrogens with two attached hydrogens (primary N) is 2. The number of carbonyl (C=O) groups is 2. The van der Waals surface area contributed by atoms with Crippen LogP contribution in [0.2, 0.25) is 0 Å². The molecule has 0 saturated carbocycles. The third-order valence-corrected chi connectivity index (χ3v) is 7.65. The van der Waals surface area contributed by atoms with Gasteiger partial charge >= 0.3 is 11.9 Å². The molecule has 7 nitrogen and oxygen atoms in total. The molecule has 0 bridgehead atoms. The van der Waals surface area contributed by atoms with Crippen LogP contribution in [0.3, 0.4) is 0 Å². The molecule has 0 atom stereocenters. The van der Waals surface area contributed by atoms with Gasteiger partial charge in [-0.3, -0.25) is 0 Å². The van der Waals surface area contributed by atoms with E-state index in [1.807, 2.05) is 54.6 Å². The maximum absolute atomic E-state index is 13.5. The minimum Gasteiger partial charge on any atom is -0.493 e. The van der Waals surface area contributed by atoms with Gasteiger partial charge < -0.3 is 25.7 Å². The zero-order valence-electron chi connectivity index (χ0n) is 26.8. The number of ether oxygens (including phenoxy) is 3. The Bertz CT molecular complexity index is 1580. The average molecular weight is 621 g/mol. The maximum atomic E-state index is 13.5. The minimum atomic E-state index is -0.554. The molecule has 46 heavy (non-hydrogen) atoms. The van der Waals surface area contributed by atoms with Crippen LogP contribution in [0.25, 0.3) is 28.3 Å². The summed E-state index contributed by atoms with van der Waals surface area (Å²) in [6, 6.07) is 25.6. The highest BCUT2D eigenvalue weighted by Gasteiger charge is 2.16. The lowest BCUT2D eigenvalue weighted by atomic mass is 9.95. The summed E-state index contributed by atoms with van der Waals surface area (Å²) in [5, 5.41) is 0. The third kappa shape index (κ3) is 10.3. The van der Waals surface area contributed by atoms with Crippen molar-refractivity contribution in [2.75, 3.05) is 25.2 Å². The molecule has 0 radical (unpaired) electrons. The second kappa shape index (κ2) is 17.4.